The van der Waals surface area contributed by atoms with Gasteiger partial charge < -0.3 is 10.1 Å². The van der Waals surface area contributed by atoms with Crippen LogP contribution in [0, 0.1) is 11.8 Å². The van der Waals surface area contributed by atoms with Crippen molar-refractivity contribution in [3.05, 3.63) is 29.8 Å². The van der Waals surface area contributed by atoms with Crippen molar-refractivity contribution >= 4 is 11.7 Å². The zero-order valence-corrected chi connectivity index (χ0v) is 12.0. The monoisotopic (exact) mass is 261 g/mol. The molecule has 1 saturated carbocycles. The molecule has 0 aromatic heterocycles. The SMILES string of the molecule is CNc1ccc(C(=O)OC2CCC(C)C(C)C2)cc1. The fourth-order valence-electron chi connectivity index (χ4n) is 2.60. The molecule has 0 bridgehead atoms. The maximum Gasteiger partial charge on any atom is 0.338 e. The number of hydrogen-bond acceptors (Lipinski definition) is 3. The predicted molar refractivity (Wildman–Crippen MR) is 77.4 cm³/mol. The molecular formula is C16H23NO2. The van der Waals surface area contributed by atoms with Crippen LogP contribution >= 0.6 is 0 Å². The fraction of sp³-hybridized carbons (Fsp3) is 0.562. The lowest BCUT2D eigenvalue weighted by atomic mass is 9.80. The van der Waals surface area contributed by atoms with E-state index in [0.717, 1.165) is 30.9 Å². The fourth-order valence-corrected chi connectivity index (χ4v) is 2.60. The molecule has 0 saturated heterocycles. The first-order chi connectivity index (χ1) is 9.10. The lowest BCUT2D eigenvalue weighted by molar-refractivity contribution is 0.00879. The topological polar surface area (TPSA) is 38.3 Å². The van der Waals surface area contributed by atoms with Crippen molar-refractivity contribution in [2.24, 2.45) is 11.8 Å². The Morgan fingerprint density at radius 1 is 1.16 bits per heavy atom. The van der Waals surface area contributed by atoms with Crippen LogP contribution in [0.5, 0.6) is 0 Å². The molecule has 104 valence electrons. The Kier molecular flexibility index (Phi) is 4.46. The number of rotatable bonds is 3. The van der Waals surface area contributed by atoms with E-state index in [4.69, 9.17) is 4.74 Å². The average molecular weight is 261 g/mol. The van der Waals surface area contributed by atoms with Gasteiger partial charge >= 0.3 is 5.97 Å². The Labute approximate surface area is 115 Å². The summed E-state index contributed by atoms with van der Waals surface area (Å²) >= 11 is 0. The first-order valence-corrected chi connectivity index (χ1v) is 7.09. The minimum atomic E-state index is -0.200. The largest absolute Gasteiger partial charge is 0.459 e. The maximum absolute atomic E-state index is 12.1. The molecule has 0 amide bonds. The molecule has 1 aromatic carbocycles. The summed E-state index contributed by atoms with van der Waals surface area (Å²) in [5, 5.41) is 3.03. The van der Waals surface area contributed by atoms with Crippen LogP contribution in [0.15, 0.2) is 24.3 Å². The van der Waals surface area contributed by atoms with E-state index in [0.29, 0.717) is 11.5 Å². The number of benzene rings is 1. The highest BCUT2D eigenvalue weighted by molar-refractivity contribution is 5.89. The summed E-state index contributed by atoms with van der Waals surface area (Å²) in [7, 11) is 1.86. The normalized spacial score (nSPS) is 26.8. The number of esters is 1. The molecule has 1 aliphatic rings. The number of nitrogens with one attached hydrogen (secondary N) is 1. The van der Waals surface area contributed by atoms with Crippen molar-refractivity contribution in [1.29, 1.82) is 0 Å². The van der Waals surface area contributed by atoms with E-state index in [1.807, 2.05) is 31.3 Å². The molecular weight excluding hydrogens is 238 g/mol. The van der Waals surface area contributed by atoms with Gasteiger partial charge in [0, 0.05) is 12.7 Å². The van der Waals surface area contributed by atoms with Gasteiger partial charge in [-0.3, -0.25) is 0 Å². The number of carbonyl (C=O) groups is 1. The summed E-state index contributed by atoms with van der Waals surface area (Å²) in [6.45, 7) is 4.52. The zero-order chi connectivity index (χ0) is 13.8. The first-order valence-electron chi connectivity index (χ1n) is 7.09. The molecule has 0 radical (unpaired) electrons. The van der Waals surface area contributed by atoms with Gasteiger partial charge in [0.25, 0.3) is 0 Å². The zero-order valence-electron chi connectivity index (χ0n) is 12.0. The first kappa shape index (κ1) is 13.9. The average Bonchev–Trinajstić information content (AvgIpc) is 2.43. The molecule has 19 heavy (non-hydrogen) atoms. The van der Waals surface area contributed by atoms with Gasteiger partial charge in [-0.05, 0) is 55.4 Å². The van der Waals surface area contributed by atoms with E-state index >= 15 is 0 Å². The molecule has 0 aliphatic heterocycles. The van der Waals surface area contributed by atoms with Crippen LogP contribution in [-0.2, 0) is 4.74 Å². The van der Waals surface area contributed by atoms with Crippen molar-refractivity contribution in [1.82, 2.24) is 0 Å². The van der Waals surface area contributed by atoms with Crippen LogP contribution in [0.4, 0.5) is 5.69 Å². The predicted octanol–water partition coefficient (Wildman–Crippen LogP) is 3.71. The summed E-state index contributed by atoms with van der Waals surface area (Å²) in [6, 6.07) is 7.40. The van der Waals surface area contributed by atoms with Crippen molar-refractivity contribution in [3.8, 4) is 0 Å². The molecule has 3 atom stereocenters. The molecule has 1 N–H and O–H groups in total. The summed E-state index contributed by atoms with van der Waals surface area (Å²) in [5.41, 5.74) is 1.63. The van der Waals surface area contributed by atoms with E-state index in [1.165, 1.54) is 0 Å². The van der Waals surface area contributed by atoms with Crippen LogP contribution in [-0.4, -0.2) is 19.1 Å². The quantitative estimate of drug-likeness (QED) is 0.843. The lowest BCUT2D eigenvalue weighted by Gasteiger charge is -2.31. The van der Waals surface area contributed by atoms with E-state index in [1.54, 1.807) is 0 Å². The Hall–Kier alpha value is -1.51. The van der Waals surface area contributed by atoms with Gasteiger partial charge in [0.2, 0.25) is 0 Å². The standard InChI is InChI=1S/C16H23NO2/c1-11-4-9-15(10-12(11)2)19-16(18)13-5-7-14(17-3)8-6-13/h5-8,11-12,15,17H,4,9-10H2,1-3H3. The van der Waals surface area contributed by atoms with Gasteiger partial charge in [0.15, 0.2) is 0 Å². The Morgan fingerprint density at radius 2 is 1.84 bits per heavy atom. The number of ether oxygens (including phenoxy) is 1. The van der Waals surface area contributed by atoms with E-state index in [2.05, 4.69) is 19.2 Å². The van der Waals surface area contributed by atoms with Crippen molar-refractivity contribution in [2.45, 2.75) is 39.2 Å². The smallest absolute Gasteiger partial charge is 0.338 e. The Morgan fingerprint density at radius 3 is 2.42 bits per heavy atom. The highest BCUT2D eigenvalue weighted by Crippen LogP contribution is 2.31. The van der Waals surface area contributed by atoms with Crippen LogP contribution in [0.25, 0.3) is 0 Å². The van der Waals surface area contributed by atoms with Crippen LogP contribution in [0.1, 0.15) is 43.5 Å². The minimum absolute atomic E-state index is 0.0858. The molecule has 2 rings (SSSR count). The highest BCUT2D eigenvalue weighted by Gasteiger charge is 2.27. The molecule has 3 nitrogen and oxygen atoms in total. The second-order valence-electron chi connectivity index (χ2n) is 5.62. The second-order valence-corrected chi connectivity index (χ2v) is 5.62. The Balaban J connectivity index is 1.93. The number of hydrogen-bond donors (Lipinski definition) is 1. The van der Waals surface area contributed by atoms with Crippen molar-refractivity contribution in [2.75, 3.05) is 12.4 Å². The summed E-state index contributed by atoms with van der Waals surface area (Å²) in [4.78, 5) is 12.1. The van der Waals surface area contributed by atoms with Crippen LogP contribution in [0.3, 0.4) is 0 Å². The maximum atomic E-state index is 12.1. The number of carbonyl (C=O) groups excluding carboxylic acids is 1. The van der Waals surface area contributed by atoms with Crippen molar-refractivity contribution < 1.29 is 9.53 Å². The third-order valence-electron chi connectivity index (χ3n) is 4.23. The van der Waals surface area contributed by atoms with Gasteiger partial charge in [0.05, 0.1) is 5.56 Å². The van der Waals surface area contributed by atoms with Crippen LogP contribution in [0.2, 0.25) is 0 Å². The lowest BCUT2D eigenvalue weighted by Crippen LogP contribution is -2.28. The molecule has 1 fully saturated rings. The molecule has 1 aromatic rings. The molecule has 1 aliphatic carbocycles. The van der Waals surface area contributed by atoms with Gasteiger partial charge in [-0.2, -0.15) is 0 Å². The summed E-state index contributed by atoms with van der Waals surface area (Å²) in [5.74, 6) is 1.18. The molecule has 3 unspecified atom stereocenters. The Bertz CT molecular complexity index is 427. The summed E-state index contributed by atoms with van der Waals surface area (Å²) < 4.78 is 5.61. The third-order valence-corrected chi connectivity index (χ3v) is 4.23. The molecule has 0 heterocycles. The molecule has 0 spiro atoms. The summed E-state index contributed by atoms with van der Waals surface area (Å²) in [6.07, 6.45) is 3.22. The third kappa shape index (κ3) is 3.49. The number of anilines is 1. The van der Waals surface area contributed by atoms with E-state index in [9.17, 15) is 4.79 Å². The van der Waals surface area contributed by atoms with Gasteiger partial charge in [-0.25, -0.2) is 4.79 Å². The van der Waals surface area contributed by atoms with Gasteiger partial charge in [-0.1, -0.05) is 13.8 Å². The second kappa shape index (κ2) is 6.09. The van der Waals surface area contributed by atoms with Gasteiger partial charge in [0.1, 0.15) is 6.10 Å². The molecule has 3 heteroatoms. The minimum Gasteiger partial charge on any atom is -0.459 e. The van der Waals surface area contributed by atoms with Gasteiger partial charge in [-0.15, -0.1) is 0 Å². The van der Waals surface area contributed by atoms with E-state index in [-0.39, 0.29) is 12.1 Å². The highest BCUT2D eigenvalue weighted by atomic mass is 16.5. The van der Waals surface area contributed by atoms with Crippen LogP contribution < -0.4 is 5.32 Å². The van der Waals surface area contributed by atoms with E-state index < -0.39 is 0 Å². The van der Waals surface area contributed by atoms with Crippen molar-refractivity contribution in [3.63, 3.8) is 0 Å².